The molecule has 0 spiro atoms. The van der Waals surface area contributed by atoms with Gasteiger partial charge in [-0.25, -0.2) is 0 Å². The molecule has 2 rings (SSSR count). The average Bonchev–Trinajstić information content (AvgIpc) is 2.43. The Balaban J connectivity index is 2.42. The fraction of sp³-hybridized carbons (Fsp3) is 0.133. The van der Waals surface area contributed by atoms with E-state index in [0.717, 1.165) is 0 Å². The van der Waals surface area contributed by atoms with Crippen molar-refractivity contribution in [3.63, 3.8) is 0 Å². The fourth-order valence-electron chi connectivity index (χ4n) is 1.80. The summed E-state index contributed by atoms with van der Waals surface area (Å²) >= 11 is 10.3. The molecule has 0 heterocycles. The molecule has 0 aromatic heterocycles. The molecule has 0 amide bonds. The minimum absolute atomic E-state index is 0.0921. The molecule has 0 saturated heterocycles. The average molecular weight is 310 g/mol. The van der Waals surface area contributed by atoms with Crippen molar-refractivity contribution in [2.75, 3.05) is 0 Å². The van der Waals surface area contributed by atoms with E-state index in [1.807, 2.05) is 0 Å². The van der Waals surface area contributed by atoms with Crippen LogP contribution >= 0.6 is 23.8 Å². The first-order chi connectivity index (χ1) is 9.45. The van der Waals surface area contributed by atoms with E-state index in [0.29, 0.717) is 16.3 Å². The maximum absolute atomic E-state index is 14.4. The number of thiocarbonyl (C=S) groups is 1. The molecule has 102 valence electrons. The lowest BCUT2D eigenvalue weighted by molar-refractivity contribution is 0.0428. The Hall–Kier alpha value is -1.61. The number of alkyl halides is 2. The molecule has 20 heavy (non-hydrogen) atoms. The summed E-state index contributed by atoms with van der Waals surface area (Å²) in [7, 11) is 0. The maximum atomic E-state index is 14.4. The third-order valence-corrected chi connectivity index (χ3v) is 3.44. The lowest BCUT2D eigenvalue weighted by atomic mass is 9.98. The van der Waals surface area contributed by atoms with Gasteiger partial charge in [0.15, 0.2) is 0 Å². The Morgan fingerprint density at radius 3 is 2.25 bits per heavy atom. The van der Waals surface area contributed by atoms with Crippen LogP contribution < -0.4 is 0 Å². The molecule has 0 N–H and O–H groups in total. The second kappa shape index (κ2) is 5.80. The third-order valence-electron chi connectivity index (χ3n) is 2.93. The zero-order chi connectivity index (χ0) is 14.8. The van der Waals surface area contributed by atoms with Gasteiger partial charge in [-0.15, -0.1) is 0 Å². The summed E-state index contributed by atoms with van der Waals surface area (Å²) in [6, 6.07) is 9.82. The highest BCUT2D eigenvalue weighted by Gasteiger charge is 2.34. The molecule has 0 aliphatic rings. The Bertz CT molecular complexity index is 677. The zero-order valence-corrected chi connectivity index (χ0v) is 12.1. The van der Waals surface area contributed by atoms with Crippen LogP contribution in [0, 0.1) is 6.92 Å². The minimum atomic E-state index is -3.09. The van der Waals surface area contributed by atoms with Crippen LogP contribution in [0.15, 0.2) is 47.5 Å². The number of hydrogen-bond donors (Lipinski definition) is 0. The SMILES string of the molecule is Cc1cc(C(F)(F)c2ccc(N=C=S)cc2)ccc1Cl. The molecule has 0 saturated carbocycles. The molecular weight excluding hydrogens is 300 g/mol. The number of nitrogens with zero attached hydrogens (tertiary/aromatic N) is 1. The van der Waals surface area contributed by atoms with Crippen molar-refractivity contribution in [2.45, 2.75) is 12.8 Å². The van der Waals surface area contributed by atoms with Crippen molar-refractivity contribution < 1.29 is 8.78 Å². The van der Waals surface area contributed by atoms with E-state index in [1.54, 1.807) is 6.92 Å². The van der Waals surface area contributed by atoms with Crippen molar-refractivity contribution in [1.82, 2.24) is 0 Å². The summed E-state index contributed by atoms with van der Waals surface area (Å²) in [5.74, 6) is -3.09. The van der Waals surface area contributed by atoms with Crippen molar-refractivity contribution in [3.05, 3.63) is 64.2 Å². The second-order valence-corrected chi connectivity index (χ2v) is 4.88. The van der Waals surface area contributed by atoms with E-state index in [9.17, 15) is 8.78 Å². The van der Waals surface area contributed by atoms with Gasteiger partial charge in [-0.3, -0.25) is 0 Å². The van der Waals surface area contributed by atoms with E-state index >= 15 is 0 Å². The van der Waals surface area contributed by atoms with Crippen LogP contribution in [0.4, 0.5) is 14.5 Å². The normalized spacial score (nSPS) is 11.0. The first-order valence-electron chi connectivity index (χ1n) is 5.78. The first-order valence-corrected chi connectivity index (χ1v) is 6.56. The minimum Gasteiger partial charge on any atom is -0.196 e. The lowest BCUT2D eigenvalue weighted by Gasteiger charge is -2.18. The Morgan fingerprint density at radius 2 is 1.70 bits per heavy atom. The van der Waals surface area contributed by atoms with Gasteiger partial charge in [0.2, 0.25) is 0 Å². The van der Waals surface area contributed by atoms with E-state index in [-0.39, 0.29) is 11.1 Å². The Kier molecular flexibility index (Phi) is 4.29. The molecule has 1 nitrogen and oxygen atoms in total. The fourth-order valence-corrected chi connectivity index (χ4v) is 2.03. The van der Waals surface area contributed by atoms with Crippen LogP contribution in [-0.4, -0.2) is 5.16 Å². The standard InChI is InChI=1S/C15H10ClF2NS/c1-10-8-12(4-7-14(10)16)15(17,18)11-2-5-13(6-3-11)19-9-20/h2-8H,1H3. The van der Waals surface area contributed by atoms with Crippen molar-refractivity contribution in [1.29, 1.82) is 0 Å². The van der Waals surface area contributed by atoms with Gasteiger partial charge in [0.25, 0.3) is 5.92 Å². The summed E-state index contributed by atoms with van der Waals surface area (Å²) in [6.45, 7) is 1.69. The number of benzene rings is 2. The zero-order valence-electron chi connectivity index (χ0n) is 10.5. The number of aryl methyl sites for hydroxylation is 1. The van der Waals surface area contributed by atoms with Crippen LogP contribution in [0.2, 0.25) is 5.02 Å². The topological polar surface area (TPSA) is 12.4 Å². The molecule has 0 aliphatic heterocycles. The molecule has 0 aliphatic carbocycles. The molecule has 0 radical (unpaired) electrons. The van der Waals surface area contributed by atoms with Gasteiger partial charge in [-0.05, 0) is 49.0 Å². The highest BCUT2D eigenvalue weighted by molar-refractivity contribution is 7.78. The third kappa shape index (κ3) is 2.93. The first kappa shape index (κ1) is 14.8. The quantitative estimate of drug-likeness (QED) is 0.537. The van der Waals surface area contributed by atoms with Crippen molar-refractivity contribution >= 4 is 34.7 Å². The molecule has 0 bridgehead atoms. The highest BCUT2D eigenvalue weighted by atomic mass is 35.5. The van der Waals surface area contributed by atoms with Gasteiger partial charge in [0.05, 0.1) is 10.8 Å². The lowest BCUT2D eigenvalue weighted by Crippen LogP contribution is -2.15. The maximum Gasteiger partial charge on any atom is 0.298 e. The summed E-state index contributed by atoms with van der Waals surface area (Å²) in [6.07, 6.45) is 0. The number of aliphatic imine (C=N–C) groups is 1. The molecule has 0 fully saturated rings. The molecular formula is C15H10ClF2NS. The summed E-state index contributed by atoms with van der Waals surface area (Å²) in [5.41, 5.74) is 0.908. The number of isothiocyanates is 1. The van der Waals surface area contributed by atoms with Gasteiger partial charge in [-0.2, -0.15) is 13.8 Å². The van der Waals surface area contributed by atoms with Crippen LogP contribution in [0.25, 0.3) is 0 Å². The van der Waals surface area contributed by atoms with E-state index in [1.165, 1.54) is 42.5 Å². The van der Waals surface area contributed by atoms with Gasteiger partial charge >= 0.3 is 0 Å². The largest absolute Gasteiger partial charge is 0.298 e. The molecule has 5 heteroatoms. The predicted molar refractivity (Wildman–Crippen MR) is 80.3 cm³/mol. The summed E-state index contributed by atoms with van der Waals surface area (Å²) in [5, 5.41) is 2.66. The van der Waals surface area contributed by atoms with Gasteiger partial charge < -0.3 is 0 Å². The van der Waals surface area contributed by atoms with E-state index in [4.69, 9.17) is 11.6 Å². The van der Waals surface area contributed by atoms with Crippen LogP contribution in [0.3, 0.4) is 0 Å². The highest BCUT2D eigenvalue weighted by Crippen LogP contribution is 2.37. The number of rotatable bonds is 3. The predicted octanol–water partition coefficient (Wildman–Crippen LogP) is 5.52. The van der Waals surface area contributed by atoms with Crippen molar-refractivity contribution in [2.24, 2.45) is 4.99 Å². The van der Waals surface area contributed by atoms with Gasteiger partial charge in [0, 0.05) is 16.1 Å². The Morgan fingerprint density at radius 1 is 1.10 bits per heavy atom. The molecule has 0 unspecified atom stereocenters. The van der Waals surface area contributed by atoms with Crippen LogP contribution in [0.5, 0.6) is 0 Å². The van der Waals surface area contributed by atoms with E-state index in [2.05, 4.69) is 22.4 Å². The molecule has 2 aromatic rings. The number of hydrogen-bond acceptors (Lipinski definition) is 2. The Labute approximate surface area is 125 Å². The van der Waals surface area contributed by atoms with E-state index < -0.39 is 5.92 Å². The summed E-state index contributed by atoms with van der Waals surface area (Å²) < 4.78 is 28.8. The molecule has 2 aromatic carbocycles. The monoisotopic (exact) mass is 309 g/mol. The van der Waals surface area contributed by atoms with Crippen LogP contribution in [-0.2, 0) is 5.92 Å². The second-order valence-electron chi connectivity index (χ2n) is 4.29. The smallest absolute Gasteiger partial charge is 0.196 e. The van der Waals surface area contributed by atoms with Gasteiger partial charge in [0.1, 0.15) is 0 Å². The van der Waals surface area contributed by atoms with Crippen molar-refractivity contribution in [3.8, 4) is 0 Å². The summed E-state index contributed by atoms with van der Waals surface area (Å²) in [4.78, 5) is 3.73. The van der Waals surface area contributed by atoms with Gasteiger partial charge in [-0.1, -0.05) is 29.8 Å². The van der Waals surface area contributed by atoms with Crippen LogP contribution in [0.1, 0.15) is 16.7 Å². The molecule has 0 atom stereocenters. The number of halogens is 3.